The maximum absolute atomic E-state index is 12.2. The molecular formula is C15H22N4O. The number of nitrogens with zero attached hydrogens (tertiary/aromatic N) is 4. The third kappa shape index (κ3) is 2.66. The highest BCUT2D eigenvalue weighted by Crippen LogP contribution is 2.19. The lowest BCUT2D eigenvalue weighted by atomic mass is 10.0. The van der Waals surface area contributed by atoms with E-state index >= 15 is 0 Å². The maximum atomic E-state index is 12.2. The average Bonchev–Trinajstić information content (AvgIpc) is 3.01. The SMILES string of the molecule is CCC(=O)c1c(CC)nn(Cc2cnn(C)c2)c1CC. The summed E-state index contributed by atoms with van der Waals surface area (Å²) in [6.07, 6.45) is 5.95. The van der Waals surface area contributed by atoms with Crippen LogP contribution in [0.5, 0.6) is 0 Å². The van der Waals surface area contributed by atoms with Gasteiger partial charge in [0.15, 0.2) is 5.78 Å². The first kappa shape index (κ1) is 14.5. The van der Waals surface area contributed by atoms with Gasteiger partial charge in [-0.1, -0.05) is 20.8 Å². The van der Waals surface area contributed by atoms with Crippen molar-refractivity contribution in [3.05, 3.63) is 34.9 Å². The summed E-state index contributed by atoms with van der Waals surface area (Å²) in [5.41, 5.74) is 3.89. The second kappa shape index (κ2) is 6.03. The fraction of sp³-hybridized carbons (Fsp3) is 0.533. The molecule has 0 N–H and O–H groups in total. The molecule has 0 aliphatic rings. The fourth-order valence-corrected chi connectivity index (χ4v) is 2.51. The Morgan fingerprint density at radius 3 is 2.50 bits per heavy atom. The summed E-state index contributed by atoms with van der Waals surface area (Å²) in [6, 6.07) is 0. The molecule has 0 atom stereocenters. The van der Waals surface area contributed by atoms with Gasteiger partial charge >= 0.3 is 0 Å². The molecule has 2 rings (SSSR count). The summed E-state index contributed by atoms with van der Waals surface area (Å²) in [6.45, 7) is 6.69. The molecule has 0 saturated heterocycles. The van der Waals surface area contributed by atoms with Gasteiger partial charge in [-0.05, 0) is 12.8 Å². The molecule has 5 heteroatoms. The molecule has 0 aliphatic heterocycles. The Bertz CT molecular complexity index is 609. The number of hydrogen-bond donors (Lipinski definition) is 0. The summed E-state index contributed by atoms with van der Waals surface area (Å²) in [4.78, 5) is 12.2. The Labute approximate surface area is 119 Å². The number of aryl methyl sites for hydroxylation is 2. The Morgan fingerprint density at radius 2 is 2.00 bits per heavy atom. The Morgan fingerprint density at radius 1 is 1.25 bits per heavy atom. The molecule has 0 fully saturated rings. The molecule has 0 bridgehead atoms. The van der Waals surface area contributed by atoms with Gasteiger partial charge in [-0.3, -0.25) is 14.2 Å². The van der Waals surface area contributed by atoms with E-state index in [1.165, 1.54) is 0 Å². The quantitative estimate of drug-likeness (QED) is 0.760. The lowest BCUT2D eigenvalue weighted by Crippen LogP contribution is -2.08. The molecule has 20 heavy (non-hydrogen) atoms. The van der Waals surface area contributed by atoms with Gasteiger partial charge in [0.05, 0.1) is 24.0 Å². The van der Waals surface area contributed by atoms with Crippen LogP contribution in [0.15, 0.2) is 12.4 Å². The minimum Gasteiger partial charge on any atom is -0.294 e. The van der Waals surface area contributed by atoms with Gasteiger partial charge in [0.25, 0.3) is 0 Å². The van der Waals surface area contributed by atoms with Crippen molar-refractivity contribution in [1.29, 1.82) is 0 Å². The van der Waals surface area contributed by atoms with Gasteiger partial charge in [0, 0.05) is 30.9 Å². The smallest absolute Gasteiger partial charge is 0.166 e. The van der Waals surface area contributed by atoms with Crippen molar-refractivity contribution in [2.24, 2.45) is 7.05 Å². The van der Waals surface area contributed by atoms with Crippen LogP contribution in [0.4, 0.5) is 0 Å². The number of carbonyl (C=O) groups is 1. The molecule has 2 aromatic heterocycles. The van der Waals surface area contributed by atoms with Crippen LogP contribution in [0.3, 0.4) is 0 Å². The zero-order valence-electron chi connectivity index (χ0n) is 12.7. The second-order valence-electron chi connectivity index (χ2n) is 4.93. The van der Waals surface area contributed by atoms with E-state index < -0.39 is 0 Å². The highest BCUT2D eigenvalue weighted by molar-refractivity contribution is 5.98. The zero-order chi connectivity index (χ0) is 14.7. The predicted octanol–water partition coefficient (Wildman–Crippen LogP) is 2.38. The fourth-order valence-electron chi connectivity index (χ4n) is 2.51. The third-order valence-electron chi connectivity index (χ3n) is 3.49. The van der Waals surface area contributed by atoms with Crippen LogP contribution in [-0.2, 0) is 26.4 Å². The number of aromatic nitrogens is 4. The van der Waals surface area contributed by atoms with E-state index in [1.54, 1.807) is 4.68 Å². The van der Waals surface area contributed by atoms with E-state index in [-0.39, 0.29) is 5.78 Å². The Hall–Kier alpha value is -1.91. The highest BCUT2D eigenvalue weighted by Gasteiger charge is 2.20. The van der Waals surface area contributed by atoms with Gasteiger partial charge in [0.2, 0.25) is 0 Å². The van der Waals surface area contributed by atoms with E-state index in [1.807, 2.05) is 38.0 Å². The Balaban J connectivity index is 2.42. The number of Topliss-reactive ketones (excluding diaryl/α,β-unsaturated/α-hetero) is 1. The topological polar surface area (TPSA) is 52.7 Å². The van der Waals surface area contributed by atoms with Crippen LogP contribution in [0.25, 0.3) is 0 Å². The first-order valence-electron chi connectivity index (χ1n) is 7.19. The monoisotopic (exact) mass is 274 g/mol. The lowest BCUT2D eigenvalue weighted by molar-refractivity contribution is 0.0986. The summed E-state index contributed by atoms with van der Waals surface area (Å²) >= 11 is 0. The van der Waals surface area contributed by atoms with Crippen molar-refractivity contribution >= 4 is 5.78 Å². The van der Waals surface area contributed by atoms with Gasteiger partial charge < -0.3 is 0 Å². The summed E-state index contributed by atoms with van der Waals surface area (Å²) in [5.74, 6) is 0.191. The molecule has 0 aliphatic carbocycles. The number of carbonyl (C=O) groups excluding carboxylic acids is 1. The van der Waals surface area contributed by atoms with E-state index in [2.05, 4.69) is 17.1 Å². The van der Waals surface area contributed by atoms with Crippen molar-refractivity contribution in [3.63, 3.8) is 0 Å². The predicted molar refractivity (Wildman–Crippen MR) is 77.9 cm³/mol. The first-order valence-corrected chi connectivity index (χ1v) is 7.19. The number of ketones is 1. The molecule has 2 aromatic rings. The highest BCUT2D eigenvalue weighted by atomic mass is 16.1. The molecular weight excluding hydrogens is 252 g/mol. The van der Waals surface area contributed by atoms with Crippen LogP contribution >= 0.6 is 0 Å². The molecule has 2 heterocycles. The lowest BCUT2D eigenvalue weighted by Gasteiger charge is -2.05. The molecule has 108 valence electrons. The summed E-state index contributed by atoms with van der Waals surface area (Å²) in [7, 11) is 1.90. The second-order valence-corrected chi connectivity index (χ2v) is 4.93. The van der Waals surface area contributed by atoms with Crippen LogP contribution in [0.2, 0.25) is 0 Å². The van der Waals surface area contributed by atoms with Crippen molar-refractivity contribution < 1.29 is 4.79 Å². The van der Waals surface area contributed by atoms with Crippen molar-refractivity contribution in [2.45, 2.75) is 46.6 Å². The third-order valence-corrected chi connectivity index (χ3v) is 3.49. The van der Waals surface area contributed by atoms with Crippen molar-refractivity contribution in [1.82, 2.24) is 19.6 Å². The van der Waals surface area contributed by atoms with Crippen LogP contribution in [0.1, 0.15) is 54.5 Å². The molecule has 0 radical (unpaired) electrons. The van der Waals surface area contributed by atoms with E-state index in [0.29, 0.717) is 13.0 Å². The first-order chi connectivity index (χ1) is 9.60. The van der Waals surface area contributed by atoms with E-state index in [9.17, 15) is 4.79 Å². The molecule has 5 nitrogen and oxygen atoms in total. The normalized spacial score (nSPS) is 11.0. The summed E-state index contributed by atoms with van der Waals surface area (Å²) < 4.78 is 3.74. The van der Waals surface area contributed by atoms with E-state index in [0.717, 1.165) is 35.4 Å². The number of hydrogen-bond acceptors (Lipinski definition) is 3. The molecule has 0 unspecified atom stereocenters. The Kier molecular flexibility index (Phi) is 4.37. The van der Waals surface area contributed by atoms with Crippen LogP contribution in [0, 0.1) is 0 Å². The number of rotatable bonds is 6. The minimum atomic E-state index is 0.191. The van der Waals surface area contributed by atoms with Gasteiger partial charge in [-0.25, -0.2) is 0 Å². The minimum absolute atomic E-state index is 0.191. The van der Waals surface area contributed by atoms with Gasteiger partial charge in [0.1, 0.15) is 0 Å². The zero-order valence-corrected chi connectivity index (χ0v) is 12.7. The van der Waals surface area contributed by atoms with E-state index in [4.69, 9.17) is 0 Å². The largest absolute Gasteiger partial charge is 0.294 e. The van der Waals surface area contributed by atoms with Crippen molar-refractivity contribution in [3.8, 4) is 0 Å². The standard InChI is InChI=1S/C15H22N4O/c1-5-12-15(14(20)7-3)13(6-2)19(17-12)10-11-8-16-18(4)9-11/h8-9H,5-7,10H2,1-4H3. The van der Waals surface area contributed by atoms with Crippen molar-refractivity contribution in [2.75, 3.05) is 0 Å². The maximum Gasteiger partial charge on any atom is 0.166 e. The van der Waals surface area contributed by atoms with Gasteiger partial charge in [-0.2, -0.15) is 10.2 Å². The van der Waals surface area contributed by atoms with Crippen LogP contribution < -0.4 is 0 Å². The molecule has 0 aromatic carbocycles. The van der Waals surface area contributed by atoms with Gasteiger partial charge in [-0.15, -0.1) is 0 Å². The molecule has 0 spiro atoms. The van der Waals surface area contributed by atoms with Crippen LogP contribution in [-0.4, -0.2) is 25.3 Å². The summed E-state index contributed by atoms with van der Waals surface area (Å²) in [5, 5.41) is 8.81. The average molecular weight is 274 g/mol. The molecule has 0 amide bonds. The molecule has 0 saturated carbocycles.